The summed E-state index contributed by atoms with van der Waals surface area (Å²) in [6, 6.07) is 14.8. The molecule has 1 aromatic heterocycles. The van der Waals surface area contributed by atoms with Gasteiger partial charge in [-0.15, -0.1) is 0 Å². The molecule has 8 nitrogen and oxygen atoms in total. The van der Waals surface area contributed by atoms with Crippen LogP contribution in [0.2, 0.25) is 0 Å². The number of benzene rings is 2. The summed E-state index contributed by atoms with van der Waals surface area (Å²) in [6.45, 7) is 1.36. The van der Waals surface area contributed by atoms with Gasteiger partial charge in [0.05, 0.1) is 17.5 Å². The fourth-order valence-electron chi connectivity index (χ4n) is 3.99. The van der Waals surface area contributed by atoms with Crippen molar-refractivity contribution in [3.8, 4) is 17.2 Å². The highest BCUT2D eigenvalue weighted by Gasteiger charge is 2.29. The van der Waals surface area contributed by atoms with Crippen molar-refractivity contribution in [3.63, 3.8) is 0 Å². The molecule has 2 aromatic carbocycles. The summed E-state index contributed by atoms with van der Waals surface area (Å²) < 4.78 is 6.65. The Morgan fingerprint density at radius 3 is 2.77 bits per heavy atom. The lowest BCUT2D eigenvalue weighted by Crippen LogP contribution is -2.53. The molecule has 0 aliphatic carbocycles. The van der Waals surface area contributed by atoms with Crippen LogP contribution in [0, 0.1) is 17.2 Å². The summed E-state index contributed by atoms with van der Waals surface area (Å²) in [6.07, 6.45) is 1.09. The fraction of sp³-hybridized carbons (Fsp3) is 0.348. The molecular weight excluding hydrogens is 394 g/mol. The molecule has 8 heteroatoms. The number of oxazole rings is 1. The van der Waals surface area contributed by atoms with E-state index in [1.807, 2.05) is 36.4 Å². The van der Waals surface area contributed by atoms with Crippen molar-refractivity contribution in [2.75, 3.05) is 13.1 Å². The van der Waals surface area contributed by atoms with Gasteiger partial charge in [0.2, 0.25) is 5.91 Å². The van der Waals surface area contributed by atoms with Gasteiger partial charge in [0.15, 0.2) is 5.58 Å². The van der Waals surface area contributed by atoms with E-state index in [1.54, 1.807) is 13.1 Å². The van der Waals surface area contributed by atoms with Gasteiger partial charge in [-0.3, -0.25) is 9.36 Å². The summed E-state index contributed by atoms with van der Waals surface area (Å²) in [5.74, 6) is -0.818. The van der Waals surface area contributed by atoms with Crippen LogP contribution in [0.5, 0.6) is 0 Å². The number of nitrogens with zero attached hydrogens (tertiary/aromatic N) is 2. The van der Waals surface area contributed by atoms with Crippen molar-refractivity contribution in [2.45, 2.75) is 24.9 Å². The number of nitrogens with two attached hydrogens (primary N) is 1. The van der Waals surface area contributed by atoms with Gasteiger partial charge in [0.1, 0.15) is 6.04 Å². The number of fused-ring (bicyclic) bond motifs is 1. The van der Waals surface area contributed by atoms with Gasteiger partial charge < -0.3 is 20.8 Å². The van der Waals surface area contributed by atoms with Crippen molar-refractivity contribution >= 4 is 17.0 Å². The standard InChI is InChI=1S/C23H25N5O3/c1-28-20-11-16(6-7-21(20)31-23(28)30)15-4-2-14(3-5-15)10-17(12-24)27-22(29)18-8-9-26-13-19(18)25/h2-7,11,17-19,26H,8-10,13,25H2,1H3,(H,27,29)/t17?,18-,19-/m0/s1. The first-order valence-electron chi connectivity index (χ1n) is 10.3. The van der Waals surface area contributed by atoms with E-state index >= 15 is 0 Å². The number of amides is 1. The number of rotatable bonds is 5. The van der Waals surface area contributed by atoms with Crippen LogP contribution in [-0.4, -0.2) is 35.6 Å². The Bertz CT molecular complexity index is 1190. The average molecular weight is 419 g/mol. The van der Waals surface area contributed by atoms with Gasteiger partial charge in [-0.25, -0.2) is 4.79 Å². The number of nitriles is 1. The van der Waals surface area contributed by atoms with E-state index in [4.69, 9.17) is 10.2 Å². The molecule has 0 radical (unpaired) electrons. The molecule has 1 unspecified atom stereocenters. The second-order valence-electron chi connectivity index (χ2n) is 7.96. The smallest absolute Gasteiger partial charge is 0.408 e. The van der Waals surface area contributed by atoms with Gasteiger partial charge in [0.25, 0.3) is 0 Å². The highest BCUT2D eigenvalue weighted by Crippen LogP contribution is 2.24. The number of carbonyl (C=O) groups is 1. The van der Waals surface area contributed by atoms with E-state index in [-0.39, 0.29) is 17.9 Å². The summed E-state index contributed by atoms with van der Waals surface area (Å²) in [7, 11) is 1.67. The molecule has 1 saturated heterocycles. The second kappa shape index (κ2) is 8.76. The summed E-state index contributed by atoms with van der Waals surface area (Å²) in [4.78, 5) is 24.2. The first kappa shape index (κ1) is 20.8. The monoisotopic (exact) mass is 419 g/mol. The maximum atomic E-state index is 12.5. The van der Waals surface area contributed by atoms with Crippen LogP contribution in [0.4, 0.5) is 0 Å². The van der Waals surface area contributed by atoms with E-state index in [0.29, 0.717) is 25.0 Å². The van der Waals surface area contributed by atoms with Crippen LogP contribution < -0.4 is 22.1 Å². The zero-order chi connectivity index (χ0) is 22.0. The minimum absolute atomic E-state index is 0.156. The Labute approximate surface area is 179 Å². The molecule has 1 amide bonds. The SMILES string of the molecule is Cn1c(=O)oc2ccc(-c3ccc(CC(C#N)NC(=O)[C@H]4CCNC[C@@H]4N)cc3)cc21. The number of carbonyl (C=O) groups excluding carboxylic acids is 1. The zero-order valence-electron chi connectivity index (χ0n) is 17.3. The van der Waals surface area contributed by atoms with E-state index < -0.39 is 11.8 Å². The van der Waals surface area contributed by atoms with Crippen molar-refractivity contribution in [1.29, 1.82) is 5.26 Å². The highest BCUT2D eigenvalue weighted by atomic mass is 16.4. The minimum Gasteiger partial charge on any atom is -0.408 e. The molecule has 1 fully saturated rings. The first-order valence-corrected chi connectivity index (χ1v) is 10.3. The average Bonchev–Trinajstić information content (AvgIpc) is 3.07. The third-order valence-corrected chi connectivity index (χ3v) is 5.86. The van der Waals surface area contributed by atoms with Crippen molar-refractivity contribution < 1.29 is 9.21 Å². The molecule has 1 aliphatic heterocycles. The van der Waals surface area contributed by atoms with E-state index in [0.717, 1.165) is 28.8 Å². The summed E-state index contributed by atoms with van der Waals surface area (Å²) >= 11 is 0. The number of aryl methyl sites for hydroxylation is 1. The predicted molar refractivity (Wildman–Crippen MR) is 117 cm³/mol. The number of piperidine rings is 1. The molecule has 3 atom stereocenters. The van der Waals surface area contributed by atoms with E-state index in [1.165, 1.54) is 4.57 Å². The number of nitrogens with one attached hydrogen (secondary N) is 2. The maximum absolute atomic E-state index is 12.5. The minimum atomic E-state index is -0.614. The van der Waals surface area contributed by atoms with Gasteiger partial charge in [-0.1, -0.05) is 30.3 Å². The fourth-order valence-corrected chi connectivity index (χ4v) is 3.99. The van der Waals surface area contributed by atoms with E-state index in [2.05, 4.69) is 16.7 Å². The Hall–Kier alpha value is -3.41. The van der Waals surface area contributed by atoms with Crippen LogP contribution in [0.1, 0.15) is 12.0 Å². The molecular formula is C23H25N5O3. The second-order valence-corrected chi connectivity index (χ2v) is 7.96. The zero-order valence-corrected chi connectivity index (χ0v) is 17.3. The highest BCUT2D eigenvalue weighted by molar-refractivity contribution is 5.81. The van der Waals surface area contributed by atoms with Gasteiger partial charge in [-0.2, -0.15) is 5.26 Å². The summed E-state index contributed by atoms with van der Waals surface area (Å²) in [5.41, 5.74) is 10.2. The van der Waals surface area contributed by atoms with Crippen molar-refractivity contribution in [3.05, 3.63) is 58.6 Å². The normalized spacial score (nSPS) is 19.6. The lowest BCUT2D eigenvalue weighted by molar-refractivity contribution is -0.126. The van der Waals surface area contributed by atoms with Crippen LogP contribution in [0.15, 0.2) is 51.7 Å². The molecule has 2 heterocycles. The quantitative estimate of drug-likeness (QED) is 0.572. The number of hydrogen-bond donors (Lipinski definition) is 3. The van der Waals surface area contributed by atoms with Gasteiger partial charge in [0, 0.05) is 26.1 Å². The third-order valence-electron chi connectivity index (χ3n) is 5.86. The molecule has 4 rings (SSSR count). The Morgan fingerprint density at radius 2 is 2.06 bits per heavy atom. The molecule has 3 aromatic rings. The Balaban J connectivity index is 1.45. The van der Waals surface area contributed by atoms with Crippen molar-refractivity contribution in [2.24, 2.45) is 18.7 Å². The van der Waals surface area contributed by atoms with Crippen LogP contribution >= 0.6 is 0 Å². The molecule has 1 aliphatic rings. The van der Waals surface area contributed by atoms with Gasteiger partial charge >= 0.3 is 5.76 Å². The number of hydrogen-bond acceptors (Lipinski definition) is 6. The molecule has 4 N–H and O–H groups in total. The van der Waals surface area contributed by atoms with Crippen LogP contribution in [0.25, 0.3) is 22.2 Å². The van der Waals surface area contributed by atoms with Crippen LogP contribution in [0.3, 0.4) is 0 Å². The largest absolute Gasteiger partial charge is 0.419 e. The van der Waals surface area contributed by atoms with Gasteiger partial charge in [-0.05, 0) is 41.8 Å². The Kier molecular flexibility index (Phi) is 5.89. The van der Waals surface area contributed by atoms with E-state index in [9.17, 15) is 14.9 Å². The predicted octanol–water partition coefficient (Wildman–Crippen LogP) is 1.29. The molecule has 160 valence electrons. The molecule has 0 bridgehead atoms. The lowest BCUT2D eigenvalue weighted by atomic mass is 9.92. The Morgan fingerprint density at radius 1 is 1.32 bits per heavy atom. The molecule has 0 saturated carbocycles. The lowest BCUT2D eigenvalue weighted by Gasteiger charge is -2.29. The number of aromatic nitrogens is 1. The summed E-state index contributed by atoms with van der Waals surface area (Å²) in [5, 5.41) is 15.5. The van der Waals surface area contributed by atoms with Crippen molar-refractivity contribution in [1.82, 2.24) is 15.2 Å². The molecule has 31 heavy (non-hydrogen) atoms. The molecule has 0 spiro atoms. The van der Waals surface area contributed by atoms with Crippen LogP contribution in [-0.2, 0) is 18.3 Å². The maximum Gasteiger partial charge on any atom is 0.419 e. The topological polar surface area (TPSA) is 126 Å². The first-order chi connectivity index (χ1) is 15.0. The third kappa shape index (κ3) is 4.38.